The van der Waals surface area contributed by atoms with E-state index in [0.29, 0.717) is 11.4 Å². The number of carbonyl (C=O) groups excluding carboxylic acids is 3. The van der Waals surface area contributed by atoms with E-state index >= 15 is 0 Å². The highest BCUT2D eigenvalue weighted by Gasteiger charge is 2.12. The fraction of sp³-hybridized carbons (Fsp3) is 0.167. The van der Waals surface area contributed by atoms with Crippen molar-refractivity contribution in [2.45, 2.75) is 13.8 Å². The van der Waals surface area contributed by atoms with Crippen LogP contribution in [0.4, 0.5) is 11.4 Å². The average Bonchev–Trinajstić information content (AvgIpc) is 2.55. The topological polar surface area (TPSA) is 84.5 Å². The Hall–Kier alpha value is -2.67. The van der Waals surface area contributed by atoms with Crippen molar-refractivity contribution in [3.8, 4) is 0 Å². The minimum Gasteiger partial charge on any atom is -0.452 e. The fourth-order valence-corrected chi connectivity index (χ4v) is 2.64. The highest BCUT2D eigenvalue weighted by Crippen LogP contribution is 2.23. The molecule has 2 rings (SSSR count). The van der Waals surface area contributed by atoms with Gasteiger partial charge < -0.3 is 15.4 Å². The summed E-state index contributed by atoms with van der Waals surface area (Å²) in [6.07, 6.45) is 0. The number of aryl methyl sites for hydroxylation is 1. The van der Waals surface area contributed by atoms with E-state index in [2.05, 4.69) is 26.6 Å². The number of rotatable bonds is 5. The maximum Gasteiger partial charge on any atom is 0.338 e. The van der Waals surface area contributed by atoms with E-state index in [1.54, 1.807) is 24.3 Å². The fourth-order valence-electron chi connectivity index (χ4n) is 2.05. The van der Waals surface area contributed by atoms with Crippen LogP contribution in [0.3, 0.4) is 0 Å². The van der Waals surface area contributed by atoms with Crippen LogP contribution >= 0.6 is 15.9 Å². The normalized spacial score (nSPS) is 10.0. The molecule has 130 valence electrons. The Morgan fingerprint density at radius 1 is 1.08 bits per heavy atom. The molecule has 2 aromatic carbocycles. The molecule has 0 aromatic heterocycles. The van der Waals surface area contributed by atoms with Crippen LogP contribution in [0.1, 0.15) is 22.8 Å². The highest BCUT2D eigenvalue weighted by atomic mass is 79.9. The third kappa shape index (κ3) is 5.72. The van der Waals surface area contributed by atoms with Crippen molar-refractivity contribution >= 4 is 45.1 Å². The van der Waals surface area contributed by atoms with Crippen molar-refractivity contribution in [3.05, 3.63) is 58.1 Å². The van der Waals surface area contributed by atoms with Gasteiger partial charge in [-0.1, -0.05) is 12.1 Å². The molecule has 0 saturated heterocycles. The Morgan fingerprint density at radius 3 is 2.52 bits per heavy atom. The molecule has 0 unspecified atom stereocenters. The lowest BCUT2D eigenvalue weighted by molar-refractivity contribution is -0.119. The van der Waals surface area contributed by atoms with Crippen LogP contribution in [0.25, 0.3) is 0 Å². The summed E-state index contributed by atoms with van der Waals surface area (Å²) in [6.45, 7) is 2.90. The van der Waals surface area contributed by atoms with Crippen molar-refractivity contribution in [2.24, 2.45) is 0 Å². The molecule has 25 heavy (non-hydrogen) atoms. The first kappa shape index (κ1) is 18.7. The zero-order chi connectivity index (χ0) is 18.4. The lowest BCUT2D eigenvalue weighted by atomic mass is 10.2. The number of esters is 1. The second-order valence-corrected chi connectivity index (χ2v) is 6.22. The van der Waals surface area contributed by atoms with Crippen LogP contribution in [0.5, 0.6) is 0 Å². The maximum atomic E-state index is 12.0. The molecule has 7 heteroatoms. The molecule has 0 aliphatic carbocycles. The number of benzene rings is 2. The molecule has 2 aromatic rings. The number of nitrogens with one attached hydrogen (secondary N) is 2. The van der Waals surface area contributed by atoms with E-state index in [1.807, 2.05) is 19.1 Å². The third-order valence-electron chi connectivity index (χ3n) is 3.15. The molecule has 0 aliphatic rings. The number of halogens is 1. The minimum absolute atomic E-state index is 0.242. The Bertz CT molecular complexity index is 820. The van der Waals surface area contributed by atoms with Crippen LogP contribution in [0, 0.1) is 6.92 Å². The van der Waals surface area contributed by atoms with Gasteiger partial charge in [0.05, 0.1) is 11.3 Å². The van der Waals surface area contributed by atoms with E-state index in [1.165, 1.54) is 13.0 Å². The van der Waals surface area contributed by atoms with Gasteiger partial charge in [-0.2, -0.15) is 0 Å². The number of ether oxygens (including phenoxy) is 1. The van der Waals surface area contributed by atoms with Gasteiger partial charge >= 0.3 is 5.97 Å². The Morgan fingerprint density at radius 2 is 1.84 bits per heavy atom. The first-order chi connectivity index (χ1) is 11.8. The van der Waals surface area contributed by atoms with E-state index in [-0.39, 0.29) is 11.5 Å². The summed E-state index contributed by atoms with van der Waals surface area (Å²) in [5.41, 5.74) is 2.38. The monoisotopic (exact) mass is 404 g/mol. The van der Waals surface area contributed by atoms with Crippen molar-refractivity contribution in [1.82, 2.24) is 0 Å². The standard InChI is InChI=1S/C18H17BrN2O4/c1-11-6-7-16(15(19)8-11)21-17(23)10-25-18(24)13-4-3-5-14(9-13)20-12(2)22/h3-9H,10H2,1-2H3,(H,20,22)(H,21,23). The predicted octanol–water partition coefficient (Wildman–Crippen LogP) is 3.51. The smallest absolute Gasteiger partial charge is 0.338 e. The minimum atomic E-state index is -0.648. The summed E-state index contributed by atoms with van der Waals surface area (Å²) in [7, 11) is 0. The third-order valence-corrected chi connectivity index (χ3v) is 3.81. The highest BCUT2D eigenvalue weighted by molar-refractivity contribution is 9.10. The van der Waals surface area contributed by atoms with Gasteiger partial charge in [-0.25, -0.2) is 4.79 Å². The van der Waals surface area contributed by atoms with Crippen molar-refractivity contribution in [2.75, 3.05) is 17.2 Å². The molecule has 6 nitrogen and oxygen atoms in total. The average molecular weight is 405 g/mol. The van der Waals surface area contributed by atoms with E-state index in [9.17, 15) is 14.4 Å². The molecule has 0 heterocycles. The van der Waals surface area contributed by atoms with Gasteiger partial charge in [0.1, 0.15) is 0 Å². The molecule has 0 radical (unpaired) electrons. The Kier molecular flexibility index (Phi) is 6.30. The van der Waals surface area contributed by atoms with Crippen molar-refractivity contribution < 1.29 is 19.1 Å². The van der Waals surface area contributed by atoms with Gasteiger partial charge in [0.15, 0.2) is 6.61 Å². The van der Waals surface area contributed by atoms with E-state index < -0.39 is 18.5 Å². The molecule has 0 atom stereocenters. The first-order valence-corrected chi connectivity index (χ1v) is 8.25. The summed E-state index contributed by atoms with van der Waals surface area (Å²) >= 11 is 3.36. The van der Waals surface area contributed by atoms with Gasteiger partial charge in [0.25, 0.3) is 5.91 Å². The first-order valence-electron chi connectivity index (χ1n) is 7.46. The second-order valence-electron chi connectivity index (χ2n) is 5.37. The van der Waals surface area contributed by atoms with Crippen LogP contribution in [-0.2, 0) is 14.3 Å². The zero-order valence-corrected chi connectivity index (χ0v) is 15.3. The number of amides is 2. The second kappa shape index (κ2) is 8.43. The molecule has 2 amide bonds. The summed E-state index contributed by atoms with van der Waals surface area (Å²) in [5.74, 6) is -1.34. The molecule has 0 aliphatic heterocycles. The van der Waals surface area contributed by atoms with Crippen molar-refractivity contribution in [1.29, 1.82) is 0 Å². The van der Waals surface area contributed by atoms with Crippen LogP contribution < -0.4 is 10.6 Å². The Labute approximate surface area is 153 Å². The van der Waals surface area contributed by atoms with Gasteiger partial charge in [-0.3, -0.25) is 9.59 Å². The molecular weight excluding hydrogens is 388 g/mol. The largest absolute Gasteiger partial charge is 0.452 e. The van der Waals surface area contributed by atoms with Crippen molar-refractivity contribution in [3.63, 3.8) is 0 Å². The van der Waals surface area contributed by atoms with Crippen LogP contribution in [0.2, 0.25) is 0 Å². The van der Waals surface area contributed by atoms with Crippen LogP contribution in [0.15, 0.2) is 46.9 Å². The van der Waals surface area contributed by atoms with E-state index in [4.69, 9.17) is 4.74 Å². The molecule has 0 fully saturated rings. The number of carbonyl (C=O) groups is 3. The predicted molar refractivity (Wildman–Crippen MR) is 98.5 cm³/mol. The molecule has 0 spiro atoms. The zero-order valence-electron chi connectivity index (χ0n) is 13.8. The van der Waals surface area contributed by atoms with E-state index in [0.717, 1.165) is 10.0 Å². The van der Waals surface area contributed by atoms with Crippen LogP contribution in [-0.4, -0.2) is 24.4 Å². The van der Waals surface area contributed by atoms with Gasteiger partial charge in [0.2, 0.25) is 5.91 Å². The summed E-state index contributed by atoms with van der Waals surface area (Å²) in [5, 5.41) is 5.24. The van der Waals surface area contributed by atoms with Gasteiger partial charge in [0, 0.05) is 17.1 Å². The quantitative estimate of drug-likeness (QED) is 0.746. The number of anilines is 2. The summed E-state index contributed by atoms with van der Waals surface area (Å²) in [4.78, 5) is 35.0. The van der Waals surface area contributed by atoms with Gasteiger partial charge in [-0.05, 0) is 58.7 Å². The molecule has 2 N–H and O–H groups in total. The maximum absolute atomic E-state index is 12.0. The summed E-state index contributed by atoms with van der Waals surface area (Å²) in [6, 6.07) is 11.8. The summed E-state index contributed by atoms with van der Waals surface area (Å²) < 4.78 is 5.75. The van der Waals surface area contributed by atoms with Gasteiger partial charge in [-0.15, -0.1) is 0 Å². The SMILES string of the molecule is CC(=O)Nc1cccc(C(=O)OCC(=O)Nc2ccc(C)cc2Br)c1. The molecular formula is C18H17BrN2O4. The Balaban J connectivity index is 1.93. The molecule has 0 bridgehead atoms. The number of hydrogen-bond acceptors (Lipinski definition) is 4. The molecule has 0 saturated carbocycles. The number of hydrogen-bond donors (Lipinski definition) is 2. The lowest BCUT2D eigenvalue weighted by Crippen LogP contribution is -2.21. The lowest BCUT2D eigenvalue weighted by Gasteiger charge is -2.09.